The summed E-state index contributed by atoms with van der Waals surface area (Å²) in [5, 5.41) is 2.84. The Kier molecular flexibility index (Phi) is 10.9. The number of anilines is 1. The van der Waals surface area contributed by atoms with Crippen LogP contribution < -0.4 is 5.32 Å². The third-order valence-electron chi connectivity index (χ3n) is 5.35. The molecule has 1 aromatic rings. The van der Waals surface area contributed by atoms with Crippen LogP contribution in [0.25, 0.3) is 0 Å². The van der Waals surface area contributed by atoms with E-state index in [0.717, 1.165) is 12.8 Å². The molecule has 0 aliphatic carbocycles. The van der Waals surface area contributed by atoms with E-state index in [2.05, 4.69) is 12.2 Å². The molecule has 182 valence electrons. The van der Waals surface area contributed by atoms with Gasteiger partial charge in [0.15, 0.2) is 5.57 Å². The highest BCUT2D eigenvalue weighted by Crippen LogP contribution is 2.23. The van der Waals surface area contributed by atoms with Gasteiger partial charge in [-0.05, 0) is 30.7 Å². The molecule has 1 aliphatic heterocycles. The highest BCUT2D eigenvalue weighted by molar-refractivity contribution is 6.15. The number of cyclic esters (lactones) is 2. The lowest BCUT2D eigenvalue weighted by Crippen LogP contribution is -2.42. The van der Waals surface area contributed by atoms with Crippen LogP contribution in [0.3, 0.4) is 0 Å². The Balaban J connectivity index is 1.65. The van der Waals surface area contributed by atoms with E-state index in [-0.39, 0.29) is 11.5 Å². The third kappa shape index (κ3) is 9.68. The van der Waals surface area contributed by atoms with Crippen molar-refractivity contribution in [3.8, 4) is 0 Å². The van der Waals surface area contributed by atoms with E-state index < -0.39 is 17.7 Å². The molecule has 7 nitrogen and oxygen atoms in total. The molecule has 0 atom stereocenters. The van der Waals surface area contributed by atoms with Gasteiger partial charge in [0.25, 0.3) is 5.79 Å². The second-order valence-electron chi connectivity index (χ2n) is 8.78. The van der Waals surface area contributed by atoms with Gasteiger partial charge < -0.3 is 19.5 Å². The Morgan fingerprint density at radius 1 is 0.879 bits per heavy atom. The molecule has 1 fully saturated rings. The molecule has 1 aliphatic rings. The molecule has 33 heavy (non-hydrogen) atoms. The van der Waals surface area contributed by atoms with Crippen LogP contribution in [0.1, 0.15) is 95.3 Å². The van der Waals surface area contributed by atoms with Gasteiger partial charge in [0.1, 0.15) is 0 Å². The summed E-state index contributed by atoms with van der Waals surface area (Å²) in [7, 11) is 0. The van der Waals surface area contributed by atoms with Crippen LogP contribution in [0.5, 0.6) is 0 Å². The van der Waals surface area contributed by atoms with Gasteiger partial charge in [-0.2, -0.15) is 0 Å². The second kappa shape index (κ2) is 13.7. The minimum atomic E-state index is -1.28. The highest BCUT2D eigenvalue weighted by Gasteiger charge is 2.38. The first-order chi connectivity index (χ1) is 15.8. The van der Waals surface area contributed by atoms with Crippen LogP contribution in [0, 0.1) is 0 Å². The molecule has 0 aromatic heterocycles. The molecule has 1 aromatic carbocycles. The maximum absolute atomic E-state index is 12.2. The number of carbonyl (C=O) groups excluding carboxylic acids is 3. The van der Waals surface area contributed by atoms with Gasteiger partial charge in [0.05, 0.1) is 12.2 Å². The van der Waals surface area contributed by atoms with Crippen LogP contribution in [0.4, 0.5) is 5.69 Å². The predicted molar refractivity (Wildman–Crippen MR) is 127 cm³/mol. The lowest BCUT2D eigenvalue weighted by atomic mass is 10.1. The van der Waals surface area contributed by atoms with Crippen molar-refractivity contribution in [3.63, 3.8) is 0 Å². The number of carbonyl (C=O) groups is 3. The normalized spacial score (nSPS) is 14.9. The predicted octanol–water partition coefficient (Wildman–Crippen LogP) is 5.90. The summed E-state index contributed by atoms with van der Waals surface area (Å²) in [5.41, 5.74) is 0.812. The Morgan fingerprint density at radius 2 is 1.39 bits per heavy atom. The summed E-state index contributed by atoms with van der Waals surface area (Å²) in [4.78, 5) is 36.1. The number of rotatable bonds is 14. The van der Waals surface area contributed by atoms with Crippen LogP contribution in [-0.2, 0) is 23.8 Å². The number of benzene rings is 1. The zero-order valence-electron chi connectivity index (χ0n) is 20.1. The topological polar surface area (TPSA) is 90.9 Å². The van der Waals surface area contributed by atoms with E-state index in [1.54, 1.807) is 24.3 Å². The molecule has 0 bridgehead atoms. The lowest BCUT2D eigenvalue weighted by molar-refractivity contribution is -0.222. The van der Waals surface area contributed by atoms with Crippen molar-refractivity contribution in [2.45, 2.75) is 90.8 Å². The molecular weight excluding hydrogens is 422 g/mol. The smallest absolute Gasteiger partial charge is 0.350 e. The van der Waals surface area contributed by atoms with Gasteiger partial charge >= 0.3 is 17.9 Å². The minimum Gasteiger partial charge on any atom is -0.462 e. The van der Waals surface area contributed by atoms with Crippen molar-refractivity contribution in [3.05, 3.63) is 41.6 Å². The molecule has 1 saturated heterocycles. The Bertz CT molecular complexity index is 791. The molecule has 0 unspecified atom stereocenters. The van der Waals surface area contributed by atoms with E-state index in [1.807, 2.05) is 0 Å². The quantitative estimate of drug-likeness (QED) is 0.160. The average molecular weight is 460 g/mol. The van der Waals surface area contributed by atoms with Crippen LogP contribution in [0.15, 0.2) is 36.0 Å². The number of hydrogen-bond donors (Lipinski definition) is 1. The Hall–Kier alpha value is -2.83. The number of unbranched alkanes of at least 4 members (excludes halogenated alkanes) is 9. The Labute approximate surface area is 196 Å². The number of esters is 3. The summed E-state index contributed by atoms with van der Waals surface area (Å²) in [6, 6.07) is 6.58. The van der Waals surface area contributed by atoms with Crippen molar-refractivity contribution in [1.29, 1.82) is 0 Å². The standard InChI is InChI=1S/C26H37NO6/c1-4-5-6-7-8-9-10-11-12-13-18-31-23(28)20-14-16-21(17-15-20)27-19-22-24(29)32-26(2,3)33-25(22)30/h14-17,19,27H,4-13,18H2,1-3H3. The van der Waals surface area contributed by atoms with Gasteiger partial charge in [-0.15, -0.1) is 0 Å². The SMILES string of the molecule is CCCCCCCCCCCCOC(=O)c1ccc(NC=C2C(=O)OC(C)(C)OC2=O)cc1. The fourth-order valence-electron chi connectivity index (χ4n) is 3.47. The van der Waals surface area contributed by atoms with E-state index in [9.17, 15) is 14.4 Å². The molecule has 2 rings (SSSR count). The van der Waals surface area contributed by atoms with Gasteiger partial charge in [0, 0.05) is 25.7 Å². The molecule has 0 saturated carbocycles. The first-order valence-corrected chi connectivity index (χ1v) is 12.0. The maximum atomic E-state index is 12.2. The summed E-state index contributed by atoms with van der Waals surface area (Å²) in [5.74, 6) is -3.15. The van der Waals surface area contributed by atoms with Gasteiger partial charge in [0.2, 0.25) is 0 Å². The number of ether oxygens (including phenoxy) is 3. The Morgan fingerprint density at radius 3 is 1.94 bits per heavy atom. The van der Waals surface area contributed by atoms with Crippen molar-refractivity contribution >= 4 is 23.6 Å². The van der Waals surface area contributed by atoms with Crippen molar-refractivity contribution < 1.29 is 28.6 Å². The third-order valence-corrected chi connectivity index (χ3v) is 5.35. The van der Waals surface area contributed by atoms with Crippen molar-refractivity contribution in [1.82, 2.24) is 0 Å². The molecule has 0 spiro atoms. The van der Waals surface area contributed by atoms with E-state index in [4.69, 9.17) is 14.2 Å². The van der Waals surface area contributed by atoms with Crippen LogP contribution in [0.2, 0.25) is 0 Å². The second-order valence-corrected chi connectivity index (χ2v) is 8.78. The number of hydrogen-bond acceptors (Lipinski definition) is 7. The first-order valence-electron chi connectivity index (χ1n) is 12.0. The zero-order valence-corrected chi connectivity index (χ0v) is 20.1. The van der Waals surface area contributed by atoms with Crippen molar-refractivity contribution in [2.75, 3.05) is 11.9 Å². The highest BCUT2D eigenvalue weighted by atomic mass is 16.7. The summed E-state index contributed by atoms with van der Waals surface area (Å²) in [6.45, 7) is 5.63. The molecule has 0 radical (unpaired) electrons. The lowest BCUT2D eigenvalue weighted by Gasteiger charge is -2.29. The fraction of sp³-hybridized carbons (Fsp3) is 0.577. The average Bonchev–Trinajstić information content (AvgIpc) is 2.76. The summed E-state index contributed by atoms with van der Waals surface area (Å²) >= 11 is 0. The number of nitrogens with one attached hydrogen (secondary N) is 1. The van der Waals surface area contributed by atoms with E-state index >= 15 is 0 Å². The summed E-state index contributed by atoms with van der Waals surface area (Å²) < 4.78 is 15.4. The van der Waals surface area contributed by atoms with Gasteiger partial charge in [-0.25, -0.2) is 14.4 Å². The zero-order chi connectivity index (χ0) is 24.1. The van der Waals surface area contributed by atoms with E-state index in [0.29, 0.717) is 17.9 Å². The van der Waals surface area contributed by atoms with Crippen molar-refractivity contribution in [2.24, 2.45) is 0 Å². The monoisotopic (exact) mass is 459 g/mol. The molecule has 0 amide bonds. The first kappa shape index (κ1) is 26.4. The fourth-order valence-corrected chi connectivity index (χ4v) is 3.47. The van der Waals surface area contributed by atoms with Crippen LogP contribution in [-0.4, -0.2) is 30.3 Å². The summed E-state index contributed by atoms with van der Waals surface area (Å²) in [6.07, 6.45) is 13.5. The minimum absolute atomic E-state index is 0.227. The maximum Gasteiger partial charge on any atom is 0.350 e. The largest absolute Gasteiger partial charge is 0.462 e. The molecule has 1 N–H and O–H groups in total. The van der Waals surface area contributed by atoms with Crippen LogP contribution >= 0.6 is 0 Å². The molecular formula is C26H37NO6. The van der Waals surface area contributed by atoms with Gasteiger partial charge in [-0.1, -0.05) is 64.7 Å². The molecule has 7 heteroatoms. The van der Waals surface area contributed by atoms with Gasteiger partial charge in [-0.3, -0.25) is 0 Å². The van der Waals surface area contributed by atoms with E-state index in [1.165, 1.54) is 71.4 Å². The molecule has 1 heterocycles.